The summed E-state index contributed by atoms with van der Waals surface area (Å²) in [5, 5.41) is 9.43. The van der Waals surface area contributed by atoms with Crippen LogP contribution in [0.25, 0.3) is 0 Å². The Morgan fingerprint density at radius 2 is 1.96 bits per heavy atom. The molecule has 0 aliphatic rings. The molecule has 132 valence electrons. The first kappa shape index (κ1) is 18.4. The monoisotopic (exact) mass is 339 g/mol. The second-order valence-electron chi connectivity index (χ2n) is 5.53. The summed E-state index contributed by atoms with van der Waals surface area (Å²) in [7, 11) is 0. The van der Waals surface area contributed by atoms with Crippen LogP contribution in [0.5, 0.6) is 0 Å². The van der Waals surface area contributed by atoms with E-state index >= 15 is 0 Å². The zero-order valence-corrected chi connectivity index (χ0v) is 14.7. The number of pyridine rings is 1. The molecule has 25 heavy (non-hydrogen) atoms. The van der Waals surface area contributed by atoms with Gasteiger partial charge in [0.25, 0.3) is 5.91 Å². The van der Waals surface area contributed by atoms with Gasteiger partial charge in [0.1, 0.15) is 0 Å². The van der Waals surface area contributed by atoms with Gasteiger partial charge in [-0.25, -0.2) is 0 Å². The van der Waals surface area contributed by atoms with Crippen LogP contribution >= 0.6 is 0 Å². The zero-order chi connectivity index (χ0) is 17.9. The Bertz CT molecular complexity index is 673. The number of aliphatic imine (C=N–C) groups is 1. The van der Waals surface area contributed by atoms with Crippen molar-refractivity contribution < 1.29 is 4.79 Å². The summed E-state index contributed by atoms with van der Waals surface area (Å²) in [4.78, 5) is 20.4. The Morgan fingerprint density at radius 3 is 2.64 bits per heavy atom. The number of carbonyl (C=O) groups is 1. The van der Waals surface area contributed by atoms with Crippen LogP contribution in [0, 0.1) is 0 Å². The van der Waals surface area contributed by atoms with E-state index in [-0.39, 0.29) is 11.9 Å². The number of carbonyl (C=O) groups excluding carboxylic acids is 1. The maximum atomic E-state index is 11.9. The Hall–Kier alpha value is -2.89. The third kappa shape index (κ3) is 6.25. The first-order valence-electron chi connectivity index (χ1n) is 8.48. The molecule has 0 spiro atoms. The van der Waals surface area contributed by atoms with E-state index in [1.54, 1.807) is 24.5 Å². The SMILES string of the molecule is CCNC(=NCCNC(=O)c1cccnc1)NC(C)c1ccccc1. The number of nitrogens with one attached hydrogen (secondary N) is 3. The topological polar surface area (TPSA) is 78.4 Å². The smallest absolute Gasteiger partial charge is 0.252 e. The van der Waals surface area contributed by atoms with E-state index in [0.29, 0.717) is 18.7 Å². The number of hydrogen-bond donors (Lipinski definition) is 3. The fraction of sp³-hybridized carbons (Fsp3) is 0.316. The molecule has 6 nitrogen and oxygen atoms in total. The van der Waals surface area contributed by atoms with Gasteiger partial charge in [-0.2, -0.15) is 0 Å². The lowest BCUT2D eigenvalue weighted by molar-refractivity contribution is 0.0954. The van der Waals surface area contributed by atoms with Gasteiger partial charge in [-0.1, -0.05) is 30.3 Å². The summed E-state index contributed by atoms with van der Waals surface area (Å²) >= 11 is 0. The molecule has 0 saturated heterocycles. The fourth-order valence-electron chi connectivity index (χ4n) is 2.29. The highest BCUT2D eigenvalue weighted by atomic mass is 16.1. The summed E-state index contributed by atoms with van der Waals surface area (Å²) in [6.07, 6.45) is 3.19. The number of nitrogens with zero attached hydrogens (tertiary/aromatic N) is 2. The predicted octanol–water partition coefficient (Wildman–Crippen LogP) is 2.13. The van der Waals surface area contributed by atoms with Gasteiger partial charge < -0.3 is 16.0 Å². The highest BCUT2D eigenvalue weighted by Crippen LogP contribution is 2.10. The quantitative estimate of drug-likeness (QED) is 0.410. The van der Waals surface area contributed by atoms with Crippen molar-refractivity contribution in [2.24, 2.45) is 4.99 Å². The van der Waals surface area contributed by atoms with Gasteiger partial charge in [-0.05, 0) is 31.5 Å². The highest BCUT2D eigenvalue weighted by molar-refractivity contribution is 5.93. The molecule has 2 aromatic rings. The lowest BCUT2D eigenvalue weighted by atomic mass is 10.1. The molecule has 0 radical (unpaired) electrons. The molecule has 0 fully saturated rings. The maximum absolute atomic E-state index is 11.9. The largest absolute Gasteiger partial charge is 0.357 e. The second-order valence-corrected chi connectivity index (χ2v) is 5.53. The Labute approximate surface area is 148 Å². The third-order valence-electron chi connectivity index (χ3n) is 3.59. The van der Waals surface area contributed by atoms with Gasteiger partial charge >= 0.3 is 0 Å². The minimum Gasteiger partial charge on any atom is -0.357 e. The molecule has 1 aromatic heterocycles. The molecule has 2 rings (SSSR count). The van der Waals surface area contributed by atoms with Crippen molar-refractivity contribution in [2.75, 3.05) is 19.6 Å². The van der Waals surface area contributed by atoms with Crippen LogP contribution in [0.3, 0.4) is 0 Å². The van der Waals surface area contributed by atoms with Crippen LogP contribution in [0.4, 0.5) is 0 Å². The zero-order valence-electron chi connectivity index (χ0n) is 14.7. The number of hydrogen-bond acceptors (Lipinski definition) is 3. The second kappa shape index (κ2) is 10.1. The summed E-state index contributed by atoms with van der Waals surface area (Å²) < 4.78 is 0. The molecule has 1 heterocycles. The van der Waals surface area contributed by atoms with Crippen LogP contribution < -0.4 is 16.0 Å². The van der Waals surface area contributed by atoms with Crippen LogP contribution in [-0.4, -0.2) is 36.5 Å². The van der Waals surface area contributed by atoms with E-state index in [2.05, 4.69) is 45.0 Å². The van der Waals surface area contributed by atoms with Gasteiger partial charge in [0.15, 0.2) is 5.96 Å². The van der Waals surface area contributed by atoms with Crippen molar-refractivity contribution in [1.29, 1.82) is 0 Å². The molecule has 1 aromatic carbocycles. The van der Waals surface area contributed by atoms with Crippen LogP contribution in [0.1, 0.15) is 35.8 Å². The van der Waals surface area contributed by atoms with Crippen molar-refractivity contribution in [1.82, 2.24) is 20.9 Å². The summed E-state index contributed by atoms with van der Waals surface area (Å²) in [6.45, 7) is 5.84. The minimum absolute atomic E-state index is 0.140. The first-order valence-corrected chi connectivity index (χ1v) is 8.48. The molecular weight excluding hydrogens is 314 g/mol. The Morgan fingerprint density at radius 1 is 1.16 bits per heavy atom. The number of rotatable bonds is 7. The van der Waals surface area contributed by atoms with E-state index in [1.165, 1.54) is 5.56 Å². The number of benzene rings is 1. The Balaban J connectivity index is 1.84. The van der Waals surface area contributed by atoms with Crippen LogP contribution in [0.2, 0.25) is 0 Å². The number of guanidine groups is 1. The lowest BCUT2D eigenvalue weighted by Gasteiger charge is -2.18. The van der Waals surface area contributed by atoms with Crippen molar-refractivity contribution >= 4 is 11.9 Å². The number of aromatic nitrogens is 1. The molecular formula is C19H25N5O. The van der Waals surface area contributed by atoms with E-state index in [4.69, 9.17) is 0 Å². The number of amides is 1. The molecule has 0 saturated carbocycles. The fourth-order valence-corrected chi connectivity index (χ4v) is 2.29. The molecule has 0 bridgehead atoms. The molecule has 3 N–H and O–H groups in total. The minimum atomic E-state index is -0.140. The van der Waals surface area contributed by atoms with Gasteiger partial charge in [0, 0.05) is 25.5 Å². The van der Waals surface area contributed by atoms with E-state index in [0.717, 1.165) is 12.5 Å². The first-order chi connectivity index (χ1) is 12.2. The van der Waals surface area contributed by atoms with Crippen LogP contribution in [-0.2, 0) is 0 Å². The van der Waals surface area contributed by atoms with Crippen molar-refractivity contribution in [3.05, 3.63) is 66.0 Å². The molecule has 0 aliphatic carbocycles. The standard InChI is InChI=1S/C19H25N5O/c1-3-21-19(24-15(2)16-8-5-4-6-9-16)23-13-12-22-18(25)17-10-7-11-20-14-17/h4-11,14-15H,3,12-13H2,1-2H3,(H,22,25)(H2,21,23,24). The maximum Gasteiger partial charge on any atom is 0.252 e. The van der Waals surface area contributed by atoms with Gasteiger partial charge in [-0.3, -0.25) is 14.8 Å². The van der Waals surface area contributed by atoms with Crippen molar-refractivity contribution in [3.8, 4) is 0 Å². The lowest BCUT2D eigenvalue weighted by Crippen LogP contribution is -2.39. The van der Waals surface area contributed by atoms with Crippen LogP contribution in [0.15, 0.2) is 59.9 Å². The Kier molecular flexibility index (Phi) is 7.43. The third-order valence-corrected chi connectivity index (χ3v) is 3.59. The average molecular weight is 339 g/mol. The van der Waals surface area contributed by atoms with Crippen molar-refractivity contribution in [3.63, 3.8) is 0 Å². The van der Waals surface area contributed by atoms with Gasteiger partial charge in [0.05, 0.1) is 18.2 Å². The molecule has 1 amide bonds. The van der Waals surface area contributed by atoms with Crippen molar-refractivity contribution in [2.45, 2.75) is 19.9 Å². The normalized spacial score (nSPS) is 12.3. The van der Waals surface area contributed by atoms with E-state index in [1.807, 2.05) is 25.1 Å². The molecule has 0 aliphatic heterocycles. The van der Waals surface area contributed by atoms with E-state index < -0.39 is 0 Å². The van der Waals surface area contributed by atoms with E-state index in [9.17, 15) is 4.79 Å². The highest BCUT2D eigenvalue weighted by Gasteiger charge is 2.07. The van der Waals surface area contributed by atoms with Gasteiger partial charge in [-0.15, -0.1) is 0 Å². The molecule has 6 heteroatoms. The summed E-state index contributed by atoms with van der Waals surface area (Å²) in [6, 6.07) is 13.8. The molecule has 1 atom stereocenters. The summed E-state index contributed by atoms with van der Waals surface area (Å²) in [5.41, 5.74) is 1.74. The summed E-state index contributed by atoms with van der Waals surface area (Å²) in [5.74, 6) is 0.591. The predicted molar refractivity (Wildman–Crippen MR) is 101 cm³/mol. The van der Waals surface area contributed by atoms with Gasteiger partial charge in [0.2, 0.25) is 0 Å². The molecule has 1 unspecified atom stereocenters. The average Bonchev–Trinajstić information content (AvgIpc) is 2.66.